The summed E-state index contributed by atoms with van der Waals surface area (Å²) in [7, 11) is 1.83. The Morgan fingerprint density at radius 1 is 1.43 bits per heavy atom. The van der Waals surface area contributed by atoms with Crippen molar-refractivity contribution < 1.29 is 4.79 Å². The van der Waals surface area contributed by atoms with E-state index in [-0.39, 0.29) is 12.1 Å². The summed E-state index contributed by atoms with van der Waals surface area (Å²) < 4.78 is 0. The van der Waals surface area contributed by atoms with E-state index in [1.54, 1.807) is 22.4 Å². The second kappa shape index (κ2) is 8.06. The Hall–Kier alpha value is -1.95. The van der Waals surface area contributed by atoms with Gasteiger partial charge in [0.05, 0.1) is 23.3 Å². The molecule has 0 saturated carbocycles. The lowest BCUT2D eigenvalue weighted by molar-refractivity contribution is 0.188. The maximum absolute atomic E-state index is 12.5. The Morgan fingerprint density at radius 2 is 2.22 bits per heavy atom. The van der Waals surface area contributed by atoms with Gasteiger partial charge in [-0.15, -0.1) is 11.3 Å². The summed E-state index contributed by atoms with van der Waals surface area (Å²) in [5, 5.41) is 4.05. The standard InChI is InChI=1S/C17H24N4OS/c1-5-14-16(23-12(3)20-14)11-19-17(22)21(4)15(6-2)13-8-7-9-18-10-13/h7-10,15H,5-6,11H2,1-4H3,(H,19,22). The molecule has 0 aliphatic heterocycles. The van der Waals surface area contributed by atoms with E-state index >= 15 is 0 Å². The van der Waals surface area contributed by atoms with Crippen molar-refractivity contribution >= 4 is 17.4 Å². The molecule has 2 aromatic rings. The molecule has 0 aliphatic carbocycles. The molecular weight excluding hydrogens is 308 g/mol. The molecular formula is C17H24N4OS. The van der Waals surface area contributed by atoms with Crippen molar-refractivity contribution in [3.8, 4) is 0 Å². The van der Waals surface area contributed by atoms with Gasteiger partial charge in [-0.1, -0.05) is 19.9 Å². The van der Waals surface area contributed by atoms with E-state index in [4.69, 9.17) is 0 Å². The SMILES string of the molecule is CCc1nc(C)sc1CNC(=O)N(C)C(CC)c1cccnc1. The number of amides is 2. The minimum atomic E-state index is -0.0752. The van der Waals surface area contributed by atoms with Crippen LogP contribution in [0.3, 0.4) is 0 Å². The average molecular weight is 332 g/mol. The van der Waals surface area contributed by atoms with Crippen LogP contribution >= 0.6 is 11.3 Å². The lowest BCUT2D eigenvalue weighted by Crippen LogP contribution is -2.39. The van der Waals surface area contributed by atoms with Gasteiger partial charge in [0, 0.05) is 24.3 Å². The first-order valence-electron chi connectivity index (χ1n) is 7.92. The Bertz CT molecular complexity index is 641. The van der Waals surface area contributed by atoms with E-state index in [0.29, 0.717) is 6.54 Å². The highest BCUT2D eigenvalue weighted by molar-refractivity contribution is 7.11. The molecule has 1 N–H and O–H groups in total. The van der Waals surface area contributed by atoms with Crippen LogP contribution in [0.2, 0.25) is 0 Å². The van der Waals surface area contributed by atoms with Crippen LogP contribution in [-0.2, 0) is 13.0 Å². The van der Waals surface area contributed by atoms with Crippen LogP contribution in [-0.4, -0.2) is 27.9 Å². The minimum Gasteiger partial charge on any atom is -0.333 e. The molecule has 0 aliphatic rings. The fourth-order valence-corrected chi connectivity index (χ4v) is 3.62. The smallest absolute Gasteiger partial charge is 0.317 e. The van der Waals surface area contributed by atoms with Crippen molar-refractivity contribution in [2.45, 2.75) is 46.2 Å². The number of pyridine rings is 1. The number of rotatable bonds is 6. The van der Waals surface area contributed by atoms with Gasteiger partial charge in [0.15, 0.2) is 0 Å². The van der Waals surface area contributed by atoms with Crippen molar-refractivity contribution in [2.24, 2.45) is 0 Å². The van der Waals surface area contributed by atoms with E-state index in [0.717, 1.165) is 34.0 Å². The summed E-state index contributed by atoms with van der Waals surface area (Å²) >= 11 is 1.65. The van der Waals surface area contributed by atoms with Gasteiger partial charge < -0.3 is 10.2 Å². The van der Waals surface area contributed by atoms with E-state index < -0.39 is 0 Å². The molecule has 6 heteroatoms. The highest BCUT2D eigenvalue weighted by atomic mass is 32.1. The third kappa shape index (κ3) is 4.28. The van der Waals surface area contributed by atoms with Crippen LogP contribution < -0.4 is 5.32 Å². The highest BCUT2D eigenvalue weighted by Crippen LogP contribution is 2.22. The molecule has 0 aromatic carbocycles. The number of hydrogen-bond acceptors (Lipinski definition) is 4. The highest BCUT2D eigenvalue weighted by Gasteiger charge is 2.20. The third-order valence-corrected chi connectivity index (χ3v) is 4.88. The fourth-order valence-electron chi connectivity index (χ4n) is 2.66. The van der Waals surface area contributed by atoms with Gasteiger partial charge >= 0.3 is 6.03 Å². The lowest BCUT2D eigenvalue weighted by Gasteiger charge is -2.27. The molecule has 2 aromatic heterocycles. The summed E-state index contributed by atoms with van der Waals surface area (Å²) in [5.74, 6) is 0. The van der Waals surface area contributed by atoms with Crippen molar-refractivity contribution in [1.29, 1.82) is 0 Å². The van der Waals surface area contributed by atoms with Gasteiger partial charge in [0.1, 0.15) is 0 Å². The molecule has 5 nitrogen and oxygen atoms in total. The van der Waals surface area contributed by atoms with Crippen LogP contribution in [0.15, 0.2) is 24.5 Å². The number of hydrogen-bond donors (Lipinski definition) is 1. The molecule has 0 saturated heterocycles. The van der Waals surface area contributed by atoms with Gasteiger partial charge in [-0.2, -0.15) is 0 Å². The Balaban J connectivity index is 2.01. The van der Waals surface area contributed by atoms with Crippen LogP contribution in [0.5, 0.6) is 0 Å². The zero-order chi connectivity index (χ0) is 16.8. The van der Waals surface area contributed by atoms with Gasteiger partial charge in [0.25, 0.3) is 0 Å². The third-order valence-electron chi connectivity index (χ3n) is 3.86. The zero-order valence-corrected chi connectivity index (χ0v) is 15.0. The molecule has 0 spiro atoms. The van der Waals surface area contributed by atoms with Crippen molar-refractivity contribution in [3.63, 3.8) is 0 Å². The van der Waals surface area contributed by atoms with E-state index in [1.165, 1.54) is 0 Å². The summed E-state index contributed by atoms with van der Waals surface area (Å²) in [5.41, 5.74) is 2.13. The number of nitrogens with one attached hydrogen (secondary N) is 1. The maximum Gasteiger partial charge on any atom is 0.317 e. The number of aryl methyl sites for hydroxylation is 2. The predicted octanol–water partition coefficient (Wildman–Crippen LogP) is 3.70. The lowest BCUT2D eigenvalue weighted by atomic mass is 10.1. The number of carbonyl (C=O) groups excluding carboxylic acids is 1. The summed E-state index contributed by atoms with van der Waals surface area (Å²) in [6.45, 7) is 6.68. The van der Waals surface area contributed by atoms with Crippen LogP contribution in [0.4, 0.5) is 4.79 Å². The van der Waals surface area contributed by atoms with Gasteiger partial charge in [0.2, 0.25) is 0 Å². The summed E-state index contributed by atoms with van der Waals surface area (Å²) in [4.78, 5) is 24.0. The molecule has 2 heterocycles. The van der Waals surface area contributed by atoms with Gasteiger partial charge in [-0.05, 0) is 31.4 Å². The quantitative estimate of drug-likeness (QED) is 0.877. The second-order valence-electron chi connectivity index (χ2n) is 5.44. The number of nitrogens with zero attached hydrogens (tertiary/aromatic N) is 3. The van der Waals surface area contributed by atoms with E-state index in [2.05, 4.69) is 29.1 Å². The molecule has 0 radical (unpaired) electrons. The normalized spacial score (nSPS) is 12.0. The van der Waals surface area contributed by atoms with E-state index in [1.807, 2.05) is 32.3 Å². The van der Waals surface area contributed by atoms with Crippen molar-refractivity contribution in [2.75, 3.05) is 7.05 Å². The molecule has 2 amide bonds. The molecule has 1 atom stereocenters. The Kier molecular flexibility index (Phi) is 6.10. The first-order chi connectivity index (χ1) is 11.1. The summed E-state index contributed by atoms with van der Waals surface area (Å²) in [6, 6.07) is 3.86. The van der Waals surface area contributed by atoms with Crippen molar-refractivity contribution in [1.82, 2.24) is 20.2 Å². The summed E-state index contributed by atoms with van der Waals surface area (Å²) in [6.07, 6.45) is 5.29. The topological polar surface area (TPSA) is 58.1 Å². The van der Waals surface area contributed by atoms with E-state index in [9.17, 15) is 4.79 Å². The first kappa shape index (κ1) is 17.4. The Morgan fingerprint density at radius 3 is 2.83 bits per heavy atom. The molecule has 0 bridgehead atoms. The predicted molar refractivity (Wildman–Crippen MR) is 93.5 cm³/mol. The first-order valence-corrected chi connectivity index (χ1v) is 8.74. The number of carbonyl (C=O) groups is 1. The van der Waals surface area contributed by atoms with Crippen LogP contribution in [0, 0.1) is 6.92 Å². The molecule has 2 rings (SSSR count). The van der Waals surface area contributed by atoms with Crippen LogP contribution in [0.25, 0.3) is 0 Å². The Labute approximate surface area is 141 Å². The molecule has 1 unspecified atom stereocenters. The molecule has 124 valence electrons. The van der Waals surface area contributed by atoms with Crippen LogP contribution in [0.1, 0.15) is 47.5 Å². The average Bonchev–Trinajstić information content (AvgIpc) is 2.94. The molecule has 0 fully saturated rings. The maximum atomic E-state index is 12.5. The number of thiazole rings is 1. The number of urea groups is 1. The number of aromatic nitrogens is 2. The molecule has 23 heavy (non-hydrogen) atoms. The second-order valence-corrected chi connectivity index (χ2v) is 6.72. The van der Waals surface area contributed by atoms with Gasteiger partial charge in [-0.25, -0.2) is 9.78 Å². The fraction of sp³-hybridized carbons (Fsp3) is 0.471. The van der Waals surface area contributed by atoms with Gasteiger partial charge in [-0.3, -0.25) is 4.98 Å². The van der Waals surface area contributed by atoms with Crippen molar-refractivity contribution in [3.05, 3.63) is 45.7 Å². The zero-order valence-electron chi connectivity index (χ0n) is 14.2. The largest absolute Gasteiger partial charge is 0.333 e. The minimum absolute atomic E-state index is 0.0255. The monoisotopic (exact) mass is 332 g/mol.